The van der Waals surface area contributed by atoms with E-state index < -0.39 is 9.84 Å². The third-order valence-corrected chi connectivity index (χ3v) is 6.43. The third kappa shape index (κ3) is 4.04. The molecule has 3 rings (SSSR count). The highest BCUT2D eigenvalue weighted by molar-refractivity contribution is 7.90. The minimum absolute atomic E-state index is 0.0145. The largest absolute Gasteiger partial charge is 0.342 e. The number of nitrogens with zero attached hydrogens (tertiary/aromatic N) is 2. The van der Waals surface area contributed by atoms with E-state index in [0.717, 1.165) is 19.1 Å². The van der Waals surface area contributed by atoms with Crippen LogP contribution in [-0.2, 0) is 19.4 Å². The molecule has 2 heterocycles. The van der Waals surface area contributed by atoms with Crippen molar-refractivity contribution in [1.82, 2.24) is 9.88 Å². The Bertz CT molecular complexity index is 952. The molecule has 1 N–H and O–H groups in total. The topological polar surface area (TPSA) is 96.4 Å². The van der Waals surface area contributed by atoms with E-state index in [-0.39, 0.29) is 29.0 Å². The highest BCUT2D eigenvalue weighted by Crippen LogP contribution is 2.29. The number of anilines is 1. The normalized spacial score (nSPS) is 17.8. The second-order valence-electron chi connectivity index (χ2n) is 6.50. The van der Waals surface area contributed by atoms with E-state index in [1.165, 1.54) is 17.4 Å². The number of sulfone groups is 1. The first-order valence-corrected chi connectivity index (χ1v) is 11.2. The van der Waals surface area contributed by atoms with Crippen molar-refractivity contribution < 1.29 is 18.0 Å². The summed E-state index contributed by atoms with van der Waals surface area (Å²) in [7, 11) is -3.29. The second-order valence-corrected chi connectivity index (χ2v) is 9.55. The predicted octanol–water partition coefficient (Wildman–Crippen LogP) is 2.29. The molecule has 1 aliphatic rings. The molecular weight excluding hydrogens is 374 g/mol. The van der Waals surface area contributed by atoms with Gasteiger partial charge in [-0.15, -0.1) is 0 Å². The standard InChI is InChI=1S/C17H21N3O4S2/c1-3-4-7-20-10-11(8-15(20)21)16(22)19-17-18-13-6-5-12(26(2,23)24)9-14(13)25-17/h5-6,9,11H,3-4,7-8,10H2,1-2H3,(H,18,19,22)/t11-/m0/s1. The van der Waals surface area contributed by atoms with Gasteiger partial charge in [0.1, 0.15) is 0 Å². The first-order chi connectivity index (χ1) is 12.3. The molecule has 26 heavy (non-hydrogen) atoms. The van der Waals surface area contributed by atoms with Gasteiger partial charge in [0.15, 0.2) is 15.0 Å². The molecule has 1 saturated heterocycles. The van der Waals surface area contributed by atoms with Crippen molar-refractivity contribution in [3.05, 3.63) is 18.2 Å². The van der Waals surface area contributed by atoms with Crippen LogP contribution in [0.1, 0.15) is 26.2 Å². The zero-order valence-corrected chi connectivity index (χ0v) is 16.3. The number of nitrogens with one attached hydrogen (secondary N) is 1. The summed E-state index contributed by atoms with van der Waals surface area (Å²) in [5.41, 5.74) is 0.629. The number of fused-ring (bicyclic) bond motifs is 1. The van der Waals surface area contributed by atoms with E-state index in [1.807, 2.05) is 0 Å². The van der Waals surface area contributed by atoms with E-state index in [0.29, 0.717) is 28.4 Å². The van der Waals surface area contributed by atoms with Crippen molar-refractivity contribution in [2.75, 3.05) is 24.7 Å². The van der Waals surface area contributed by atoms with Gasteiger partial charge in [0.25, 0.3) is 0 Å². The summed E-state index contributed by atoms with van der Waals surface area (Å²) in [4.78, 5) is 30.7. The lowest BCUT2D eigenvalue weighted by Gasteiger charge is -2.15. The lowest BCUT2D eigenvalue weighted by molar-refractivity contribution is -0.128. The van der Waals surface area contributed by atoms with Gasteiger partial charge < -0.3 is 10.2 Å². The molecule has 9 heteroatoms. The maximum Gasteiger partial charge on any atom is 0.231 e. The van der Waals surface area contributed by atoms with Crippen LogP contribution < -0.4 is 5.32 Å². The summed E-state index contributed by atoms with van der Waals surface area (Å²) in [5.74, 6) is -0.585. The summed E-state index contributed by atoms with van der Waals surface area (Å²) in [6.45, 7) is 3.19. The van der Waals surface area contributed by atoms with Crippen LogP contribution in [0, 0.1) is 5.92 Å². The van der Waals surface area contributed by atoms with Gasteiger partial charge in [0.05, 0.1) is 21.0 Å². The molecule has 0 spiro atoms. The number of carbonyl (C=O) groups is 2. The minimum Gasteiger partial charge on any atom is -0.342 e. The maximum atomic E-state index is 12.5. The van der Waals surface area contributed by atoms with E-state index in [2.05, 4.69) is 17.2 Å². The highest BCUT2D eigenvalue weighted by Gasteiger charge is 2.34. The average molecular weight is 396 g/mol. The van der Waals surface area contributed by atoms with Crippen LogP contribution in [-0.4, -0.2) is 49.5 Å². The van der Waals surface area contributed by atoms with Crippen LogP contribution in [0.3, 0.4) is 0 Å². The average Bonchev–Trinajstić information content (AvgIpc) is 3.14. The zero-order chi connectivity index (χ0) is 18.9. The lowest BCUT2D eigenvalue weighted by atomic mass is 10.1. The molecule has 1 aromatic carbocycles. The lowest BCUT2D eigenvalue weighted by Crippen LogP contribution is -2.29. The number of likely N-dealkylation sites (tertiary alicyclic amines) is 1. The zero-order valence-electron chi connectivity index (χ0n) is 14.7. The number of thiazole rings is 1. The number of hydrogen-bond donors (Lipinski definition) is 1. The summed E-state index contributed by atoms with van der Waals surface area (Å²) in [6, 6.07) is 4.69. The number of hydrogen-bond acceptors (Lipinski definition) is 6. The van der Waals surface area contributed by atoms with Gasteiger partial charge in [0.2, 0.25) is 11.8 Å². The van der Waals surface area contributed by atoms with Gasteiger partial charge in [-0.25, -0.2) is 13.4 Å². The molecule has 0 radical (unpaired) electrons. The van der Waals surface area contributed by atoms with Crippen LogP contribution in [0.4, 0.5) is 5.13 Å². The maximum absolute atomic E-state index is 12.5. The second kappa shape index (κ2) is 7.32. The van der Waals surface area contributed by atoms with E-state index >= 15 is 0 Å². The first kappa shape index (κ1) is 18.8. The Morgan fingerprint density at radius 2 is 2.19 bits per heavy atom. The molecule has 0 bridgehead atoms. The van der Waals surface area contributed by atoms with Crippen LogP contribution in [0.15, 0.2) is 23.1 Å². The van der Waals surface area contributed by atoms with Gasteiger partial charge in [0, 0.05) is 25.8 Å². The van der Waals surface area contributed by atoms with Crippen LogP contribution in [0.25, 0.3) is 10.2 Å². The van der Waals surface area contributed by atoms with Crippen LogP contribution >= 0.6 is 11.3 Å². The summed E-state index contributed by atoms with van der Waals surface area (Å²) in [5, 5.41) is 3.18. The molecule has 1 aliphatic heterocycles. The quantitative estimate of drug-likeness (QED) is 0.809. The van der Waals surface area contributed by atoms with Gasteiger partial charge in [-0.05, 0) is 24.6 Å². The molecule has 1 aromatic heterocycles. The van der Waals surface area contributed by atoms with Crippen LogP contribution in [0.2, 0.25) is 0 Å². The Morgan fingerprint density at radius 3 is 2.88 bits per heavy atom. The minimum atomic E-state index is -3.29. The number of unbranched alkanes of at least 4 members (excludes halogenated alkanes) is 1. The van der Waals surface area contributed by atoms with E-state index in [4.69, 9.17) is 0 Å². The monoisotopic (exact) mass is 395 g/mol. The molecule has 0 aliphatic carbocycles. The molecule has 1 fully saturated rings. The van der Waals surface area contributed by atoms with Crippen molar-refractivity contribution in [2.24, 2.45) is 5.92 Å². The molecule has 2 amide bonds. The molecular formula is C17H21N3O4S2. The Balaban J connectivity index is 1.71. The first-order valence-electron chi connectivity index (χ1n) is 8.47. The smallest absolute Gasteiger partial charge is 0.231 e. The fourth-order valence-electron chi connectivity index (χ4n) is 2.91. The van der Waals surface area contributed by atoms with E-state index in [9.17, 15) is 18.0 Å². The van der Waals surface area contributed by atoms with Gasteiger partial charge in [-0.3, -0.25) is 9.59 Å². The third-order valence-electron chi connectivity index (χ3n) is 4.39. The Kier molecular flexibility index (Phi) is 5.29. The fraction of sp³-hybridized carbons (Fsp3) is 0.471. The van der Waals surface area contributed by atoms with Crippen molar-refractivity contribution in [1.29, 1.82) is 0 Å². The summed E-state index contributed by atoms with van der Waals surface area (Å²) in [6.07, 6.45) is 3.31. The van der Waals surface area contributed by atoms with Crippen molar-refractivity contribution in [3.8, 4) is 0 Å². The molecule has 1 atom stereocenters. The fourth-order valence-corrected chi connectivity index (χ4v) is 4.54. The Hall–Kier alpha value is -2.00. The van der Waals surface area contributed by atoms with Gasteiger partial charge >= 0.3 is 0 Å². The number of aromatic nitrogens is 1. The summed E-state index contributed by atoms with van der Waals surface area (Å²) >= 11 is 1.22. The number of rotatable bonds is 6. The van der Waals surface area contributed by atoms with Gasteiger partial charge in [-0.1, -0.05) is 24.7 Å². The predicted molar refractivity (Wildman–Crippen MR) is 101 cm³/mol. The summed E-state index contributed by atoms with van der Waals surface area (Å²) < 4.78 is 24.0. The molecule has 0 unspecified atom stereocenters. The van der Waals surface area contributed by atoms with Crippen molar-refractivity contribution in [2.45, 2.75) is 31.1 Å². The molecule has 140 valence electrons. The molecule has 2 aromatic rings. The SMILES string of the molecule is CCCCN1C[C@@H](C(=O)Nc2nc3ccc(S(C)(=O)=O)cc3s2)CC1=O. The number of amides is 2. The number of carbonyl (C=O) groups excluding carboxylic acids is 2. The van der Waals surface area contributed by atoms with Crippen molar-refractivity contribution in [3.63, 3.8) is 0 Å². The number of benzene rings is 1. The Labute approximate surface area is 156 Å². The van der Waals surface area contributed by atoms with Crippen molar-refractivity contribution >= 4 is 48.3 Å². The van der Waals surface area contributed by atoms with Crippen LogP contribution in [0.5, 0.6) is 0 Å². The highest BCUT2D eigenvalue weighted by atomic mass is 32.2. The molecule has 7 nitrogen and oxygen atoms in total. The Morgan fingerprint density at radius 1 is 1.42 bits per heavy atom. The molecule has 0 saturated carbocycles. The van der Waals surface area contributed by atoms with Gasteiger partial charge in [-0.2, -0.15) is 0 Å². The van der Waals surface area contributed by atoms with E-state index in [1.54, 1.807) is 17.0 Å².